The lowest BCUT2D eigenvalue weighted by Gasteiger charge is -2.04. The number of hydrogen-bond acceptors (Lipinski definition) is 5. The van der Waals surface area contributed by atoms with Gasteiger partial charge in [0.05, 0.1) is 0 Å². The molecule has 0 saturated carbocycles. The zero-order chi connectivity index (χ0) is 14.2. The quantitative estimate of drug-likeness (QED) is 0.614. The van der Waals surface area contributed by atoms with Gasteiger partial charge < -0.3 is 9.47 Å². The molecule has 0 bridgehead atoms. The van der Waals surface area contributed by atoms with Gasteiger partial charge in [-0.1, -0.05) is 12.1 Å². The lowest BCUT2D eigenvalue weighted by molar-refractivity contribution is -0.111. The highest BCUT2D eigenvalue weighted by Gasteiger charge is 1.99. The van der Waals surface area contributed by atoms with E-state index in [1.165, 1.54) is 12.4 Å². The van der Waals surface area contributed by atoms with Gasteiger partial charge in [-0.2, -0.15) is 10.1 Å². The van der Waals surface area contributed by atoms with Crippen molar-refractivity contribution >= 4 is 17.9 Å². The van der Waals surface area contributed by atoms with Crippen LogP contribution in [-0.2, 0) is 9.53 Å². The van der Waals surface area contributed by atoms with Gasteiger partial charge in [-0.05, 0) is 23.8 Å². The van der Waals surface area contributed by atoms with Crippen molar-refractivity contribution in [3.63, 3.8) is 0 Å². The summed E-state index contributed by atoms with van der Waals surface area (Å²) in [6, 6.07) is 7.27. The summed E-state index contributed by atoms with van der Waals surface area (Å²) in [5, 5.41) is 8.70. The molecule has 1 aromatic carbocycles. The number of H-pyrrole nitrogens is 1. The van der Waals surface area contributed by atoms with E-state index in [-0.39, 0.29) is 12.7 Å². The van der Waals surface area contributed by atoms with Crippen LogP contribution >= 0.6 is 0 Å². The van der Waals surface area contributed by atoms with Crippen molar-refractivity contribution in [3.05, 3.63) is 42.2 Å². The van der Waals surface area contributed by atoms with Crippen LogP contribution < -0.4 is 10.1 Å². The number of rotatable bonds is 6. The summed E-state index contributed by atoms with van der Waals surface area (Å²) in [7, 11) is 1.56. The van der Waals surface area contributed by atoms with E-state index >= 15 is 0 Å². The predicted molar refractivity (Wildman–Crippen MR) is 73.0 cm³/mol. The van der Waals surface area contributed by atoms with Crippen LogP contribution in [0.2, 0.25) is 0 Å². The number of aromatic nitrogens is 3. The van der Waals surface area contributed by atoms with Gasteiger partial charge in [0.1, 0.15) is 12.1 Å². The summed E-state index contributed by atoms with van der Waals surface area (Å²) in [5.74, 6) is 0.722. The van der Waals surface area contributed by atoms with Crippen LogP contribution in [0.4, 0.5) is 5.95 Å². The van der Waals surface area contributed by atoms with E-state index in [1.807, 2.05) is 12.1 Å². The maximum absolute atomic E-state index is 11.6. The molecular weight excluding hydrogens is 260 g/mol. The third-order valence-corrected chi connectivity index (χ3v) is 2.31. The highest BCUT2D eigenvalue weighted by atomic mass is 16.7. The number of nitrogens with one attached hydrogen (secondary N) is 2. The summed E-state index contributed by atoms with van der Waals surface area (Å²) in [6.45, 7) is 0.203. The highest BCUT2D eigenvalue weighted by molar-refractivity contribution is 6.00. The summed E-state index contributed by atoms with van der Waals surface area (Å²) < 4.78 is 10.1. The fourth-order valence-electron chi connectivity index (χ4n) is 1.40. The Bertz CT molecular complexity index is 564. The second kappa shape index (κ2) is 7.05. The molecule has 7 heteroatoms. The molecule has 2 rings (SSSR count). The second-order valence-corrected chi connectivity index (χ2v) is 3.78. The van der Waals surface area contributed by atoms with E-state index in [0.29, 0.717) is 11.7 Å². The number of methoxy groups -OCH3 is 1. The Morgan fingerprint density at radius 3 is 2.85 bits per heavy atom. The molecule has 0 aliphatic rings. The van der Waals surface area contributed by atoms with Crippen LogP contribution in [0.1, 0.15) is 5.56 Å². The molecule has 2 N–H and O–H groups in total. The van der Waals surface area contributed by atoms with Gasteiger partial charge in [0, 0.05) is 13.2 Å². The lowest BCUT2D eigenvalue weighted by Crippen LogP contribution is -2.08. The molecule has 0 aliphatic carbocycles. The Balaban J connectivity index is 1.88. The van der Waals surface area contributed by atoms with Gasteiger partial charge in [-0.15, -0.1) is 0 Å². The van der Waals surface area contributed by atoms with Crippen molar-refractivity contribution in [2.75, 3.05) is 19.2 Å². The summed E-state index contributed by atoms with van der Waals surface area (Å²) in [5.41, 5.74) is 0.877. The number of ether oxygens (including phenoxy) is 2. The van der Waals surface area contributed by atoms with Crippen LogP contribution in [0, 0.1) is 0 Å². The van der Waals surface area contributed by atoms with E-state index < -0.39 is 0 Å². The molecule has 1 amide bonds. The van der Waals surface area contributed by atoms with Gasteiger partial charge in [0.25, 0.3) is 5.91 Å². The van der Waals surface area contributed by atoms with Gasteiger partial charge >= 0.3 is 0 Å². The molecule has 2 aromatic rings. The van der Waals surface area contributed by atoms with Crippen molar-refractivity contribution in [1.82, 2.24) is 15.2 Å². The van der Waals surface area contributed by atoms with Gasteiger partial charge in [-0.25, -0.2) is 5.10 Å². The van der Waals surface area contributed by atoms with Crippen molar-refractivity contribution in [2.45, 2.75) is 0 Å². The van der Waals surface area contributed by atoms with E-state index in [4.69, 9.17) is 9.47 Å². The molecule has 1 aromatic heterocycles. The van der Waals surface area contributed by atoms with E-state index in [2.05, 4.69) is 20.5 Å². The van der Waals surface area contributed by atoms with Crippen LogP contribution in [0.15, 0.2) is 36.7 Å². The van der Waals surface area contributed by atoms with Crippen molar-refractivity contribution in [3.8, 4) is 5.75 Å². The number of carbonyl (C=O) groups excluding carboxylic acids is 1. The zero-order valence-corrected chi connectivity index (χ0v) is 10.9. The second-order valence-electron chi connectivity index (χ2n) is 3.78. The first-order valence-corrected chi connectivity index (χ1v) is 5.84. The van der Waals surface area contributed by atoms with Crippen molar-refractivity contribution in [1.29, 1.82) is 0 Å². The number of carbonyl (C=O) groups is 1. The Kier molecular flexibility index (Phi) is 4.85. The third-order valence-electron chi connectivity index (χ3n) is 2.31. The summed E-state index contributed by atoms with van der Waals surface area (Å²) in [4.78, 5) is 15.4. The number of amides is 1. The van der Waals surface area contributed by atoms with E-state index in [1.54, 1.807) is 25.3 Å². The maximum atomic E-state index is 11.6. The average Bonchev–Trinajstić information content (AvgIpc) is 2.97. The number of anilines is 1. The fraction of sp³-hybridized carbons (Fsp3) is 0.154. The monoisotopic (exact) mass is 274 g/mol. The van der Waals surface area contributed by atoms with Gasteiger partial charge in [0.2, 0.25) is 5.95 Å². The van der Waals surface area contributed by atoms with Crippen LogP contribution in [0.5, 0.6) is 5.75 Å². The molecule has 1 heterocycles. The van der Waals surface area contributed by atoms with Crippen LogP contribution in [0.25, 0.3) is 6.08 Å². The first kappa shape index (κ1) is 13.8. The van der Waals surface area contributed by atoms with Crippen molar-refractivity contribution < 1.29 is 14.3 Å². The number of aromatic amines is 1. The SMILES string of the molecule is COCOc1ccc(/C=C/C(=O)Nc2ncn[nH]2)cc1. The minimum Gasteiger partial charge on any atom is -0.468 e. The molecule has 0 fully saturated rings. The third kappa shape index (κ3) is 4.21. The first-order valence-electron chi connectivity index (χ1n) is 5.84. The molecule has 20 heavy (non-hydrogen) atoms. The molecule has 0 aliphatic heterocycles. The van der Waals surface area contributed by atoms with E-state index in [0.717, 1.165) is 5.56 Å². The largest absolute Gasteiger partial charge is 0.468 e. The summed E-state index contributed by atoms with van der Waals surface area (Å²) >= 11 is 0. The van der Waals surface area contributed by atoms with Gasteiger partial charge in [0.15, 0.2) is 6.79 Å². The maximum Gasteiger partial charge on any atom is 0.250 e. The van der Waals surface area contributed by atoms with Crippen molar-refractivity contribution in [2.24, 2.45) is 0 Å². The lowest BCUT2D eigenvalue weighted by atomic mass is 10.2. The zero-order valence-electron chi connectivity index (χ0n) is 10.9. The summed E-state index contributed by atoms with van der Waals surface area (Å²) in [6.07, 6.45) is 4.41. The predicted octanol–water partition coefficient (Wildman–Crippen LogP) is 1.44. The Morgan fingerprint density at radius 2 is 2.20 bits per heavy atom. The molecule has 0 saturated heterocycles. The minimum atomic E-state index is -0.290. The molecular formula is C13H14N4O3. The molecule has 0 atom stereocenters. The van der Waals surface area contributed by atoms with Gasteiger partial charge in [-0.3, -0.25) is 10.1 Å². The highest BCUT2D eigenvalue weighted by Crippen LogP contribution is 2.13. The smallest absolute Gasteiger partial charge is 0.250 e. The topological polar surface area (TPSA) is 89.1 Å². The molecule has 0 unspecified atom stereocenters. The molecule has 0 spiro atoms. The number of hydrogen-bond donors (Lipinski definition) is 2. The molecule has 7 nitrogen and oxygen atoms in total. The van der Waals surface area contributed by atoms with E-state index in [9.17, 15) is 4.79 Å². The first-order chi connectivity index (χ1) is 9.78. The fourth-order valence-corrected chi connectivity index (χ4v) is 1.40. The normalized spacial score (nSPS) is 10.7. The molecule has 0 radical (unpaired) electrons. The Hall–Kier alpha value is -2.67. The van der Waals surface area contributed by atoms with Crippen LogP contribution in [0.3, 0.4) is 0 Å². The standard InChI is InChI=1S/C13H14N4O3/c1-19-9-20-11-5-2-10(3-6-11)4-7-12(18)16-13-14-8-15-17-13/h2-8H,9H2,1H3,(H2,14,15,16,17,18)/b7-4+. The Morgan fingerprint density at radius 1 is 1.40 bits per heavy atom. The van der Waals surface area contributed by atoms with Crippen LogP contribution in [-0.4, -0.2) is 35.0 Å². The number of benzene rings is 1. The number of nitrogens with zero attached hydrogens (tertiary/aromatic N) is 2. The Labute approximate surface area is 115 Å². The average molecular weight is 274 g/mol. The molecule has 104 valence electrons. The minimum absolute atomic E-state index is 0.203.